The number of primary amides is 1. The number of amides is 2. The Hall–Kier alpha value is -1.34. The van der Waals surface area contributed by atoms with Gasteiger partial charge in [-0.15, -0.1) is 11.8 Å². The molecule has 0 bridgehead atoms. The Morgan fingerprint density at radius 1 is 1.58 bits per heavy atom. The van der Waals surface area contributed by atoms with Crippen LogP contribution < -0.4 is 10.6 Å². The zero-order valence-corrected chi connectivity index (χ0v) is 11.8. The molecule has 2 amide bonds. The summed E-state index contributed by atoms with van der Waals surface area (Å²) in [7, 11) is 0. The number of fused-ring (bicyclic) bond motifs is 3. The fourth-order valence-electron chi connectivity index (χ4n) is 2.50. The number of urea groups is 1. The van der Waals surface area contributed by atoms with Crippen molar-refractivity contribution in [2.45, 2.75) is 23.1 Å². The van der Waals surface area contributed by atoms with Crippen molar-refractivity contribution in [2.24, 2.45) is 5.73 Å². The van der Waals surface area contributed by atoms with E-state index in [2.05, 4.69) is 6.92 Å². The molecule has 1 aromatic rings. The summed E-state index contributed by atoms with van der Waals surface area (Å²) in [6.45, 7) is 2.53. The molecule has 7 heteroatoms. The number of thioether (sulfide) groups is 1. The van der Waals surface area contributed by atoms with Gasteiger partial charge in [0.2, 0.25) is 0 Å². The third-order valence-corrected chi connectivity index (χ3v) is 5.14. The number of thiocarbonyl (C=S) groups is 1. The van der Waals surface area contributed by atoms with E-state index in [4.69, 9.17) is 18.0 Å². The van der Waals surface area contributed by atoms with Crippen molar-refractivity contribution in [2.75, 3.05) is 11.4 Å². The normalized spacial score (nSPS) is 25.3. The number of hydrogen-bond acceptors (Lipinski definition) is 3. The first-order chi connectivity index (χ1) is 8.99. The average Bonchev–Trinajstić information content (AvgIpc) is 2.69. The predicted octanol–water partition coefficient (Wildman–Crippen LogP) is 2.17. The fourth-order valence-corrected chi connectivity index (χ4v) is 4.09. The van der Waals surface area contributed by atoms with Crippen LogP contribution in [-0.4, -0.2) is 33.9 Å². The second kappa shape index (κ2) is 4.35. The number of hydrogen-bond donors (Lipinski definition) is 1. The zero-order valence-electron chi connectivity index (χ0n) is 10.2. The van der Waals surface area contributed by atoms with Crippen molar-refractivity contribution < 1.29 is 9.18 Å². The van der Waals surface area contributed by atoms with Crippen molar-refractivity contribution >= 4 is 40.8 Å². The summed E-state index contributed by atoms with van der Waals surface area (Å²) in [5.41, 5.74) is 6.05. The molecule has 2 aliphatic heterocycles. The van der Waals surface area contributed by atoms with Crippen LogP contribution in [-0.2, 0) is 0 Å². The molecule has 2 aliphatic rings. The van der Waals surface area contributed by atoms with Gasteiger partial charge in [-0.3, -0.25) is 4.90 Å². The van der Waals surface area contributed by atoms with E-state index in [0.29, 0.717) is 11.7 Å². The lowest BCUT2D eigenvalue weighted by atomic mass is 10.1. The molecule has 1 aromatic carbocycles. The van der Waals surface area contributed by atoms with Crippen LogP contribution in [0.3, 0.4) is 0 Å². The van der Waals surface area contributed by atoms with E-state index in [0.717, 1.165) is 10.6 Å². The van der Waals surface area contributed by atoms with E-state index >= 15 is 0 Å². The van der Waals surface area contributed by atoms with Gasteiger partial charge in [-0.1, -0.05) is 6.92 Å². The van der Waals surface area contributed by atoms with Crippen LogP contribution >= 0.6 is 24.0 Å². The van der Waals surface area contributed by atoms with Crippen molar-refractivity contribution in [1.29, 1.82) is 0 Å². The molecule has 0 radical (unpaired) electrons. The molecule has 19 heavy (non-hydrogen) atoms. The highest BCUT2D eigenvalue weighted by atomic mass is 32.2. The lowest BCUT2D eigenvalue weighted by Gasteiger charge is -2.35. The first-order valence-corrected chi connectivity index (χ1v) is 7.14. The van der Waals surface area contributed by atoms with Gasteiger partial charge in [0.05, 0.1) is 18.3 Å². The smallest absolute Gasteiger partial charge is 0.321 e. The number of anilines is 1. The quantitative estimate of drug-likeness (QED) is 0.746. The maximum absolute atomic E-state index is 13.4. The van der Waals surface area contributed by atoms with E-state index < -0.39 is 6.03 Å². The Balaban J connectivity index is 2.09. The first-order valence-electron chi connectivity index (χ1n) is 5.85. The second-order valence-corrected chi connectivity index (χ2v) is 6.39. The van der Waals surface area contributed by atoms with Gasteiger partial charge in [0.25, 0.3) is 0 Å². The highest BCUT2D eigenvalue weighted by molar-refractivity contribution is 8.00. The third kappa shape index (κ3) is 1.88. The highest BCUT2D eigenvalue weighted by Crippen LogP contribution is 2.44. The molecular formula is C12H12FN3OS2. The maximum Gasteiger partial charge on any atom is 0.321 e. The van der Waals surface area contributed by atoms with E-state index in [1.807, 2.05) is 4.90 Å². The molecule has 2 heterocycles. The number of nitrogens with two attached hydrogens (primary N) is 1. The summed E-state index contributed by atoms with van der Waals surface area (Å²) in [4.78, 5) is 15.6. The number of carbonyl (C=O) groups is 1. The summed E-state index contributed by atoms with van der Waals surface area (Å²) in [5, 5.41) is 0.608. The highest BCUT2D eigenvalue weighted by Gasteiger charge is 2.44. The van der Waals surface area contributed by atoms with E-state index in [-0.39, 0.29) is 17.1 Å². The SMILES string of the molecule is CC1Sc2ccc(F)cc2N2C(=S)N(C(N)=O)CC12. The van der Waals surface area contributed by atoms with Crippen molar-refractivity contribution in [3.05, 3.63) is 24.0 Å². The van der Waals surface area contributed by atoms with Gasteiger partial charge in [0.1, 0.15) is 5.82 Å². The summed E-state index contributed by atoms with van der Waals surface area (Å²) in [6, 6.07) is 4.12. The number of carbonyl (C=O) groups excluding carboxylic acids is 1. The van der Waals surface area contributed by atoms with E-state index in [1.54, 1.807) is 17.8 Å². The molecule has 1 saturated heterocycles. The van der Waals surface area contributed by atoms with E-state index in [1.165, 1.54) is 17.0 Å². The van der Waals surface area contributed by atoms with Gasteiger partial charge >= 0.3 is 6.03 Å². The van der Waals surface area contributed by atoms with Gasteiger partial charge < -0.3 is 10.6 Å². The molecule has 0 aliphatic carbocycles. The topological polar surface area (TPSA) is 49.6 Å². The predicted molar refractivity (Wildman–Crippen MR) is 76.9 cm³/mol. The summed E-state index contributed by atoms with van der Waals surface area (Å²) < 4.78 is 13.4. The monoisotopic (exact) mass is 297 g/mol. The molecule has 0 spiro atoms. The summed E-state index contributed by atoms with van der Waals surface area (Å²) >= 11 is 6.97. The minimum absolute atomic E-state index is 0.0410. The van der Waals surface area contributed by atoms with Crippen molar-refractivity contribution in [3.63, 3.8) is 0 Å². The molecule has 2 unspecified atom stereocenters. The standard InChI is InChI=1S/C12H12FN3OS2/c1-6-9-5-15(11(14)17)12(18)16(9)8-4-7(13)2-3-10(8)19-6/h2-4,6,9H,5H2,1H3,(H2,14,17). The molecule has 3 rings (SSSR count). The van der Waals surface area contributed by atoms with Crippen LogP contribution in [0.4, 0.5) is 14.9 Å². The maximum atomic E-state index is 13.4. The molecular weight excluding hydrogens is 285 g/mol. The van der Waals surface area contributed by atoms with Crippen molar-refractivity contribution in [3.8, 4) is 0 Å². The molecule has 2 atom stereocenters. The largest absolute Gasteiger partial charge is 0.351 e. The second-order valence-electron chi connectivity index (χ2n) is 4.60. The van der Waals surface area contributed by atoms with Gasteiger partial charge in [0, 0.05) is 10.1 Å². The van der Waals surface area contributed by atoms with Gasteiger partial charge in [-0.2, -0.15) is 0 Å². The molecule has 0 saturated carbocycles. The number of rotatable bonds is 0. The van der Waals surface area contributed by atoms with Crippen LogP contribution in [0.1, 0.15) is 6.92 Å². The van der Waals surface area contributed by atoms with Crippen LogP contribution in [0.15, 0.2) is 23.1 Å². The number of halogens is 1. The lowest BCUT2D eigenvalue weighted by Crippen LogP contribution is -2.43. The van der Waals surface area contributed by atoms with Crippen LogP contribution in [0.2, 0.25) is 0 Å². The molecule has 2 N–H and O–H groups in total. The van der Waals surface area contributed by atoms with Gasteiger partial charge in [-0.05, 0) is 30.4 Å². The average molecular weight is 297 g/mol. The first kappa shape index (κ1) is 12.7. The summed E-state index contributed by atoms with van der Waals surface area (Å²) in [5.74, 6) is -0.312. The number of benzene rings is 1. The Morgan fingerprint density at radius 2 is 2.32 bits per heavy atom. The minimum atomic E-state index is -0.561. The zero-order chi connectivity index (χ0) is 13.7. The Labute approximate surface area is 119 Å². The van der Waals surface area contributed by atoms with Crippen LogP contribution in [0, 0.1) is 5.82 Å². The van der Waals surface area contributed by atoms with Crippen LogP contribution in [0.25, 0.3) is 0 Å². The molecule has 0 aromatic heterocycles. The Morgan fingerprint density at radius 3 is 3.00 bits per heavy atom. The minimum Gasteiger partial charge on any atom is -0.351 e. The van der Waals surface area contributed by atoms with Gasteiger partial charge in [0.15, 0.2) is 5.11 Å². The Bertz CT molecular complexity index is 580. The summed E-state index contributed by atoms with van der Waals surface area (Å²) in [6.07, 6.45) is 0. The molecule has 4 nitrogen and oxygen atoms in total. The molecule has 1 fully saturated rings. The van der Waals surface area contributed by atoms with Gasteiger partial charge in [-0.25, -0.2) is 9.18 Å². The Kier molecular flexibility index (Phi) is 2.90. The van der Waals surface area contributed by atoms with Crippen molar-refractivity contribution in [1.82, 2.24) is 4.90 Å². The lowest BCUT2D eigenvalue weighted by molar-refractivity contribution is 0.232. The van der Waals surface area contributed by atoms with E-state index in [9.17, 15) is 9.18 Å². The third-order valence-electron chi connectivity index (χ3n) is 3.44. The fraction of sp³-hybridized carbons (Fsp3) is 0.333. The molecule has 100 valence electrons. The van der Waals surface area contributed by atoms with Crippen LogP contribution in [0.5, 0.6) is 0 Å². The number of nitrogens with zero attached hydrogens (tertiary/aromatic N) is 2.